The van der Waals surface area contributed by atoms with Gasteiger partial charge in [0, 0.05) is 19.7 Å². The van der Waals surface area contributed by atoms with Crippen LogP contribution in [0.25, 0.3) is 0 Å². The van der Waals surface area contributed by atoms with Crippen molar-refractivity contribution >= 4 is 5.97 Å². The van der Waals surface area contributed by atoms with Crippen LogP contribution >= 0.6 is 0 Å². The van der Waals surface area contributed by atoms with Crippen LogP contribution in [0.1, 0.15) is 30.8 Å². The van der Waals surface area contributed by atoms with E-state index < -0.39 is 5.97 Å². The summed E-state index contributed by atoms with van der Waals surface area (Å²) < 4.78 is 1.43. The van der Waals surface area contributed by atoms with E-state index in [1.54, 1.807) is 19.1 Å². The molecule has 1 aromatic heterocycles. The largest absolute Gasteiger partial charge is 0.481 e. The minimum Gasteiger partial charge on any atom is -0.481 e. The molecule has 0 radical (unpaired) electrons. The Bertz CT molecular complexity index is 506. The molecule has 0 aromatic carbocycles. The highest BCUT2D eigenvalue weighted by atomic mass is 16.4. The van der Waals surface area contributed by atoms with Gasteiger partial charge in [0.15, 0.2) is 0 Å². The van der Waals surface area contributed by atoms with Gasteiger partial charge in [-0.05, 0) is 12.8 Å². The van der Waals surface area contributed by atoms with Gasteiger partial charge in [0.1, 0.15) is 0 Å². The fraction of sp³-hybridized carbons (Fsp3) is 0.583. The second-order valence-corrected chi connectivity index (χ2v) is 4.20. The Morgan fingerprint density at radius 2 is 1.94 bits per heavy atom. The molecule has 6 nitrogen and oxygen atoms in total. The van der Waals surface area contributed by atoms with Gasteiger partial charge in [-0.25, -0.2) is 9.47 Å². The molecule has 0 atom stereocenters. The van der Waals surface area contributed by atoms with Crippen molar-refractivity contribution in [2.45, 2.75) is 33.1 Å². The summed E-state index contributed by atoms with van der Waals surface area (Å²) in [5.41, 5.74) is 1.60. The third-order valence-corrected chi connectivity index (χ3v) is 2.76. The molecule has 0 spiro atoms. The summed E-state index contributed by atoms with van der Waals surface area (Å²) in [7, 11) is 3.47. The second kappa shape index (κ2) is 5.66. The minimum absolute atomic E-state index is 0.104. The Balaban J connectivity index is 3.58. The van der Waals surface area contributed by atoms with Crippen LogP contribution in [0.5, 0.6) is 0 Å². The van der Waals surface area contributed by atoms with Crippen molar-refractivity contribution < 1.29 is 9.90 Å². The van der Waals surface area contributed by atoms with Gasteiger partial charge in [-0.15, -0.1) is 0 Å². The van der Waals surface area contributed by atoms with E-state index in [2.05, 4.69) is 4.98 Å². The average molecular weight is 253 g/mol. The van der Waals surface area contributed by atoms with Crippen molar-refractivity contribution in [3.8, 4) is 0 Å². The molecule has 0 amide bonds. The van der Waals surface area contributed by atoms with E-state index in [-0.39, 0.29) is 12.1 Å². The standard InChI is InChI=1S/C12H19N3O3/c1-5-9-8(7-11(16)17)10(6-2)15(14(3)4)12(18)13-9/h5-7H2,1-4H3,(H,16,17). The van der Waals surface area contributed by atoms with Crippen LogP contribution in [0, 0.1) is 0 Å². The number of carboxylic acids is 1. The predicted molar refractivity (Wildman–Crippen MR) is 68.7 cm³/mol. The average Bonchev–Trinajstić information content (AvgIpc) is 2.28. The van der Waals surface area contributed by atoms with Crippen molar-refractivity contribution in [3.63, 3.8) is 0 Å². The molecule has 1 N–H and O–H groups in total. The van der Waals surface area contributed by atoms with E-state index in [9.17, 15) is 9.59 Å². The molecule has 18 heavy (non-hydrogen) atoms. The third-order valence-electron chi connectivity index (χ3n) is 2.76. The number of rotatable bonds is 5. The Morgan fingerprint density at radius 1 is 1.33 bits per heavy atom. The highest BCUT2D eigenvalue weighted by Gasteiger charge is 2.18. The molecule has 1 rings (SSSR count). The minimum atomic E-state index is -0.912. The van der Waals surface area contributed by atoms with E-state index >= 15 is 0 Å². The highest BCUT2D eigenvalue weighted by molar-refractivity contribution is 5.71. The first-order valence-corrected chi connectivity index (χ1v) is 5.95. The molecule has 6 heteroatoms. The zero-order valence-corrected chi connectivity index (χ0v) is 11.2. The van der Waals surface area contributed by atoms with Gasteiger partial charge >= 0.3 is 11.7 Å². The number of aryl methyl sites for hydroxylation is 1. The first kappa shape index (κ1) is 14.2. The van der Waals surface area contributed by atoms with E-state index in [0.717, 1.165) is 5.69 Å². The summed E-state index contributed by atoms with van der Waals surface area (Å²) in [5, 5.41) is 10.6. The molecule has 0 bridgehead atoms. The lowest BCUT2D eigenvalue weighted by Crippen LogP contribution is -2.41. The maximum Gasteiger partial charge on any atom is 0.366 e. The highest BCUT2D eigenvalue weighted by Crippen LogP contribution is 2.13. The van der Waals surface area contributed by atoms with Crippen LogP contribution in [0.3, 0.4) is 0 Å². The van der Waals surface area contributed by atoms with Crippen LogP contribution in [0.4, 0.5) is 0 Å². The quantitative estimate of drug-likeness (QED) is 0.811. The lowest BCUT2D eigenvalue weighted by atomic mass is 10.0. The SMILES string of the molecule is CCc1nc(=O)n(N(C)C)c(CC)c1CC(=O)O. The van der Waals surface area contributed by atoms with Crippen molar-refractivity contribution in [3.05, 3.63) is 27.4 Å². The first-order valence-electron chi connectivity index (χ1n) is 5.95. The summed E-state index contributed by atoms with van der Waals surface area (Å²) in [6.07, 6.45) is 1.04. The van der Waals surface area contributed by atoms with Gasteiger partial charge in [0.05, 0.1) is 17.8 Å². The normalized spacial score (nSPS) is 10.4. The maximum atomic E-state index is 11.9. The van der Waals surface area contributed by atoms with E-state index in [1.165, 1.54) is 4.68 Å². The summed E-state index contributed by atoms with van der Waals surface area (Å²) >= 11 is 0. The fourth-order valence-electron chi connectivity index (χ4n) is 2.06. The number of aliphatic carboxylic acids is 1. The van der Waals surface area contributed by atoms with Gasteiger partial charge in [-0.3, -0.25) is 4.79 Å². The van der Waals surface area contributed by atoms with Crippen molar-refractivity contribution in [1.82, 2.24) is 9.66 Å². The molecular formula is C12H19N3O3. The summed E-state index contributed by atoms with van der Waals surface area (Å²) in [6.45, 7) is 3.77. The van der Waals surface area contributed by atoms with Gasteiger partial charge < -0.3 is 10.1 Å². The van der Waals surface area contributed by atoms with Crippen LogP contribution in [-0.4, -0.2) is 34.8 Å². The van der Waals surface area contributed by atoms with Crippen LogP contribution in [0.15, 0.2) is 4.79 Å². The molecule has 0 unspecified atom stereocenters. The maximum absolute atomic E-state index is 11.9. The lowest BCUT2D eigenvalue weighted by molar-refractivity contribution is -0.136. The Kier molecular flexibility index (Phi) is 4.47. The number of hydrogen-bond acceptors (Lipinski definition) is 4. The predicted octanol–water partition coefficient (Wildman–Crippen LogP) is 0.193. The van der Waals surface area contributed by atoms with E-state index in [0.29, 0.717) is 24.1 Å². The number of carboxylic acid groups (broad SMARTS) is 1. The van der Waals surface area contributed by atoms with Crippen LogP contribution in [-0.2, 0) is 24.1 Å². The first-order chi connectivity index (χ1) is 8.42. The molecule has 0 aliphatic heterocycles. The molecule has 0 aliphatic rings. The monoisotopic (exact) mass is 253 g/mol. The number of aromatic nitrogens is 2. The van der Waals surface area contributed by atoms with Crippen LogP contribution in [0.2, 0.25) is 0 Å². The smallest absolute Gasteiger partial charge is 0.366 e. The molecular weight excluding hydrogens is 234 g/mol. The summed E-state index contributed by atoms with van der Waals surface area (Å²) in [6, 6.07) is 0. The molecule has 1 aromatic rings. The van der Waals surface area contributed by atoms with Crippen molar-refractivity contribution in [1.29, 1.82) is 0 Å². The fourth-order valence-corrected chi connectivity index (χ4v) is 2.06. The number of nitrogens with zero attached hydrogens (tertiary/aromatic N) is 3. The summed E-state index contributed by atoms with van der Waals surface area (Å²) in [4.78, 5) is 26.8. The second-order valence-electron chi connectivity index (χ2n) is 4.20. The Morgan fingerprint density at radius 3 is 2.33 bits per heavy atom. The van der Waals surface area contributed by atoms with E-state index in [1.807, 2.05) is 13.8 Å². The molecule has 1 heterocycles. The number of carbonyl (C=O) groups is 1. The lowest BCUT2D eigenvalue weighted by Gasteiger charge is -2.22. The molecule has 0 aliphatic carbocycles. The Labute approximate surface area is 106 Å². The van der Waals surface area contributed by atoms with Crippen molar-refractivity contribution in [2.75, 3.05) is 19.1 Å². The molecule has 0 saturated carbocycles. The van der Waals surface area contributed by atoms with Crippen molar-refractivity contribution in [2.24, 2.45) is 0 Å². The zero-order valence-electron chi connectivity index (χ0n) is 11.2. The zero-order chi connectivity index (χ0) is 13.9. The van der Waals surface area contributed by atoms with E-state index in [4.69, 9.17) is 5.11 Å². The number of hydrogen-bond donors (Lipinski definition) is 1. The molecule has 100 valence electrons. The van der Waals surface area contributed by atoms with Gasteiger partial charge in [0.25, 0.3) is 0 Å². The van der Waals surface area contributed by atoms with Crippen LogP contribution < -0.4 is 10.7 Å². The molecule has 0 fully saturated rings. The third kappa shape index (κ3) is 2.69. The van der Waals surface area contributed by atoms with Gasteiger partial charge in [0.2, 0.25) is 0 Å². The molecule has 0 saturated heterocycles. The topological polar surface area (TPSA) is 75.4 Å². The Hall–Kier alpha value is -1.85. The van der Waals surface area contributed by atoms with Gasteiger partial charge in [-0.1, -0.05) is 13.8 Å². The summed E-state index contributed by atoms with van der Waals surface area (Å²) in [5.74, 6) is -0.912. The van der Waals surface area contributed by atoms with Gasteiger partial charge in [-0.2, -0.15) is 4.98 Å².